The quantitative estimate of drug-likeness (QED) is 0.862. The van der Waals surface area contributed by atoms with Crippen molar-refractivity contribution in [3.63, 3.8) is 0 Å². The van der Waals surface area contributed by atoms with E-state index in [1.165, 1.54) is 4.31 Å². The number of nitrogens with zero attached hydrogens (tertiary/aromatic N) is 1. The lowest BCUT2D eigenvalue weighted by Crippen LogP contribution is -2.41. The first-order valence-electron chi connectivity index (χ1n) is 8.50. The molecule has 3 rings (SSSR count). The SMILES string of the molecule is Cc1ccc(S(=O)(=O)N2CCC(C(=O)Nc3ccccc3Cl)CC2)cc1. The zero-order valence-corrected chi connectivity index (χ0v) is 16.1. The minimum absolute atomic E-state index is 0.120. The molecule has 0 radical (unpaired) electrons. The van der Waals surface area contributed by atoms with Crippen molar-refractivity contribution >= 4 is 33.2 Å². The molecule has 0 bridgehead atoms. The summed E-state index contributed by atoms with van der Waals surface area (Å²) in [7, 11) is -3.51. The number of rotatable bonds is 4. The van der Waals surface area contributed by atoms with Crippen molar-refractivity contribution in [2.24, 2.45) is 5.92 Å². The maximum atomic E-state index is 12.7. The first-order chi connectivity index (χ1) is 12.4. The van der Waals surface area contributed by atoms with Gasteiger partial charge in [0, 0.05) is 19.0 Å². The van der Waals surface area contributed by atoms with Gasteiger partial charge in [0.05, 0.1) is 15.6 Å². The van der Waals surface area contributed by atoms with Crippen LogP contribution in [-0.4, -0.2) is 31.7 Å². The molecule has 2 aromatic rings. The van der Waals surface area contributed by atoms with Gasteiger partial charge in [-0.3, -0.25) is 4.79 Å². The van der Waals surface area contributed by atoms with Crippen LogP contribution in [0.1, 0.15) is 18.4 Å². The van der Waals surface area contributed by atoms with Crippen LogP contribution in [0.2, 0.25) is 5.02 Å². The van der Waals surface area contributed by atoms with E-state index in [0.29, 0.717) is 41.5 Å². The van der Waals surface area contributed by atoms with Gasteiger partial charge < -0.3 is 5.32 Å². The number of amides is 1. The van der Waals surface area contributed by atoms with E-state index in [1.807, 2.05) is 6.92 Å². The molecule has 26 heavy (non-hydrogen) atoms. The Morgan fingerprint density at radius 1 is 1.08 bits per heavy atom. The number of hydrogen-bond donors (Lipinski definition) is 1. The zero-order valence-electron chi connectivity index (χ0n) is 14.5. The average Bonchev–Trinajstić information content (AvgIpc) is 2.64. The number of para-hydroxylation sites is 1. The van der Waals surface area contributed by atoms with Gasteiger partial charge in [0.1, 0.15) is 0 Å². The van der Waals surface area contributed by atoms with Crippen LogP contribution < -0.4 is 5.32 Å². The van der Waals surface area contributed by atoms with Crippen LogP contribution >= 0.6 is 11.6 Å². The van der Waals surface area contributed by atoms with Crippen molar-refractivity contribution in [3.05, 3.63) is 59.1 Å². The fourth-order valence-electron chi connectivity index (χ4n) is 3.02. The topological polar surface area (TPSA) is 66.5 Å². The number of piperidine rings is 1. The van der Waals surface area contributed by atoms with Crippen LogP contribution in [0.4, 0.5) is 5.69 Å². The number of sulfonamides is 1. The average molecular weight is 393 g/mol. The Labute approximate surface area is 159 Å². The van der Waals surface area contributed by atoms with E-state index in [2.05, 4.69) is 5.32 Å². The molecule has 138 valence electrons. The molecule has 0 atom stereocenters. The Morgan fingerprint density at radius 2 is 1.69 bits per heavy atom. The highest BCUT2D eigenvalue weighted by Gasteiger charge is 2.32. The molecule has 0 spiro atoms. The number of hydrogen-bond acceptors (Lipinski definition) is 3. The van der Waals surface area contributed by atoms with Crippen molar-refractivity contribution in [1.82, 2.24) is 4.31 Å². The van der Waals surface area contributed by atoms with E-state index in [1.54, 1.807) is 48.5 Å². The van der Waals surface area contributed by atoms with Crippen LogP contribution in [0.3, 0.4) is 0 Å². The molecule has 2 aromatic carbocycles. The molecular formula is C19H21ClN2O3S. The number of benzene rings is 2. The largest absolute Gasteiger partial charge is 0.325 e. The van der Waals surface area contributed by atoms with Gasteiger partial charge in [-0.25, -0.2) is 8.42 Å². The predicted octanol–water partition coefficient (Wildman–Crippen LogP) is 3.69. The lowest BCUT2D eigenvalue weighted by Gasteiger charge is -2.30. The summed E-state index contributed by atoms with van der Waals surface area (Å²) in [4.78, 5) is 12.7. The second kappa shape index (κ2) is 7.78. The summed E-state index contributed by atoms with van der Waals surface area (Å²) in [6, 6.07) is 13.9. The Kier molecular flexibility index (Phi) is 5.65. The molecule has 7 heteroatoms. The van der Waals surface area contributed by atoms with E-state index < -0.39 is 10.0 Å². The molecule has 1 N–H and O–H groups in total. The Morgan fingerprint density at radius 3 is 2.31 bits per heavy atom. The van der Waals surface area contributed by atoms with E-state index >= 15 is 0 Å². The maximum absolute atomic E-state index is 12.7. The maximum Gasteiger partial charge on any atom is 0.243 e. The summed E-state index contributed by atoms with van der Waals surface area (Å²) in [6.45, 7) is 2.58. The van der Waals surface area contributed by atoms with Crippen LogP contribution in [0, 0.1) is 12.8 Å². The lowest BCUT2D eigenvalue weighted by atomic mass is 9.97. The van der Waals surface area contributed by atoms with Crippen LogP contribution in [0.15, 0.2) is 53.4 Å². The van der Waals surface area contributed by atoms with Gasteiger partial charge in [-0.1, -0.05) is 41.4 Å². The number of aryl methyl sites for hydroxylation is 1. The van der Waals surface area contributed by atoms with Crippen LogP contribution in [-0.2, 0) is 14.8 Å². The highest BCUT2D eigenvalue weighted by Crippen LogP contribution is 2.26. The van der Waals surface area contributed by atoms with Gasteiger partial charge in [0.25, 0.3) is 0 Å². The number of anilines is 1. The summed E-state index contributed by atoms with van der Waals surface area (Å²) in [5, 5.41) is 3.32. The summed E-state index contributed by atoms with van der Waals surface area (Å²) >= 11 is 6.07. The Bertz CT molecular complexity index is 889. The lowest BCUT2D eigenvalue weighted by molar-refractivity contribution is -0.120. The summed E-state index contributed by atoms with van der Waals surface area (Å²) in [5.74, 6) is -0.346. The van der Waals surface area contributed by atoms with Gasteiger partial charge in [0.15, 0.2) is 0 Å². The molecule has 0 saturated carbocycles. The highest BCUT2D eigenvalue weighted by molar-refractivity contribution is 7.89. The minimum atomic E-state index is -3.51. The molecule has 1 fully saturated rings. The van der Waals surface area contributed by atoms with Gasteiger partial charge in [0.2, 0.25) is 15.9 Å². The van der Waals surface area contributed by atoms with Gasteiger partial charge in [-0.05, 0) is 44.0 Å². The highest BCUT2D eigenvalue weighted by atomic mass is 35.5. The third kappa shape index (κ3) is 4.09. The molecule has 0 unspecified atom stereocenters. The van der Waals surface area contributed by atoms with E-state index in [-0.39, 0.29) is 11.8 Å². The molecule has 5 nitrogen and oxygen atoms in total. The summed E-state index contributed by atoms with van der Waals surface area (Å²) in [6.07, 6.45) is 0.975. The summed E-state index contributed by atoms with van der Waals surface area (Å²) in [5.41, 5.74) is 1.59. The third-order valence-corrected chi connectivity index (χ3v) is 6.86. The molecule has 1 amide bonds. The molecule has 1 aliphatic heterocycles. The summed E-state index contributed by atoms with van der Waals surface area (Å²) < 4.78 is 26.9. The molecule has 1 aliphatic rings. The van der Waals surface area contributed by atoms with E-state index in [4.69, 9.17) is 11.6 Å². The van der Waals surface area contributed by atoms with Crippen molar-refractivity contribution in [3.8, 4) is 0 Å². The number of carbonyl (C=O) groups is 1. The number of carbonyl (C=O) groups excluding carboxylic acids is 1. The van der Waals surface area contributed by atoms with Crippen LogP contribution in [0.5, 0.6) is 0 Å². The minimum Gasteiger partial charge on any atom is -0.325 e. The fraction of sp³-hybridized carbons (Fsp3) is 0.316. The van der Waals surface area contributed by atoms with E-state index in [9.17, 15) is 13.2 Å². The van der Waals surface area contributed by atoms with Crippen molar-refractivity contribution < 1.29 is 13.2 Å². The molecule has 1 heterocycles. The second-order valence-corrected chi connectivity index (χ2v) is 8.81. The molecule has 0 aromatic heterocycles. The number of halogens is 1. The van der Waals surface area contributed by atoms with Gasteiger partial charge >= 0.3 is 0 Å². The third-order valence-electron chi connectivity index (χ3n) is 4.62. The fourth-order valence-corrected chi connectivity index (χ4v) is 4.67. The molecular weight excluding hydrogens is 372 g/mol. The van der Waals surface area contributed by atoms with E-state index in [0.717, 1.165) is 5.56 Å². The first kappa shape index (κ1) is 18.9. The monoisotopic (exact) mass is 392 g/mol. The van der Waals surface area contributed by atoms with Crippen LogP contribution in [0.25, 0.3) is 0 Å². The number of nitrogens with one attached hydrogen (secondary N) is 1. The van der Waals surface area contributed by atoms with Gasteiger partial charge in [-0.15, -0.1) is 0 Å². The standard InChI is InChI=1S/C19H21ClN2O3S/c1-14-6-8-16(9-7-14)26(24,25)22-12-10-15(11-13-22)19(23)21-18-5-3-2-4-17(18)20/h2-9,15H,10-13H2,1H3,(H,21,23). The first-order valence-corrected chi connectivity index (χ1v) is 10.3. The molecule has 1 saturated heterocycles. The predicted molar refractivity (Wildman–Crippen MR) is 103 cm³/mol. The van der Waals surface area contributed by atoms with Gasteiger partial charge in [-0.2, -0.15) is 4.31 Å². The molecule has 0 aliphatic carbocycles. The van der Waals surface area contributed by atoms with Crippen molar-refractivity contribution in [2.45, 2.75) is 24.7 Å². The van der Waals surface area contributed by atoms with Crippen molar-refractivity contribution in [1.29, 1.82) is 0 Å². The van der Waals surface area contributed by atoms with Crippen molar-refractivity contribution in [2.75, 3.05) is 18.4 Å². The zero-order chi connectivity index (χ0) is 18.7. The second-order valence-electron chi connectivity index (χ2n) is 6.46. The Balaban J connectivity index is 1.62. The smallest absolute Gasteiger partial charge is 0.243 e. The normalized spacial score (nSPS) is 16.4. The Hall–Kier alpha value is -1.89.